The van der Waals surface area contributed by atoms with Crippen LogP contribution in [0, 0.1) is 6.92 Å². The minimum Gasteiger partial charge on any atom is -0.289 e. The summed E-state index contributed by atoms with van der Waals surface area (Å²) >= 11 is 0. The molecule has 0 saturated carbocycles. The van der Waals surface area contributed by atoms with Gasteiger partial charge in [-0.3, -0.25) is 4.79 Å². The van der Waals surface area contributed by atoms with Gasteiger partial charge in [-0.2, -0.15) is 0 Å². The van der Waals surface area contributed by atoms with Crippen molar-refractivity contribution in [2.75, 3.05) is 0 Å². The van der Waals surface area contributed by atoms with E-state index in [0.29, 0.717) is 0 Å². The normalized spacial score (nSPS) is 21.1. The summed E-state index contributed by atoms with van der Waals surface area (Å²) in [5.41, 5.74) is 5.50. The number of benzene rings is 1. The standard InChI is InChI=1S/C19H20O/c1-14-7-9-15(10-8-14)13-17-12-11-16-5-3-2-4-6-18(16)19(17)20/h7-13H,2-6H2,1H3/b17-13+. The molecule has 1 aromatic carbocycles. The zero-order chi connectivity index (χ0) is 13.9. The Labute approximate surface area is 120 Å². The van der Waals surface area contributed by atoms with Crippen LogP contribution in [-0.2, 0) is 4.79 Å². The molecule has 0 heterocycles. The third kappa shape index (κ3) is 2.67. The van der Waals surface area contributed by atoms with Gasteiger partial charge < -0.3 is 0 Å². The molecular weight excluding hydrogens is 244 g/mol. The Morgan fingerprint density at radius 2 is 1.70 bits per heavy atom. The van der Waals surface area contributed by atoms with Crippen molar-refractivity contribution in [3.63, 3.8) is 0 Å². The molecule has 20 heavy (non-hydrogen) atoms. The monoisotopic (exact) mass is 264 g/mol. The zero-order valence-corrected chi connectivity index (χ0v) is 12.0. The van der Waals surface area contributed by atoms with E-state index in [1.54, 1.807) is 0 Å². The maximum absolute atomic E-state index is 12.6. The van der Waals surface area contributed by atoms with Gasteiger partial charge in [-0.25, -0.2) is 0 Å². The number of rotatable bonds is 1. The molecule has 0 saturated heterocycles. The Bertz CT molecular complexity index is 612. The van der Waals surface area contributed by atoms with E-state index >= 15 is 0 Å². The Morgan fingerprint density at radius 1 is 0.950 bits per heavy atom. The van der Waals surface area contributed by atoms with Crippen LogP contribution >= 0.6 is 0 Å². The van der Waals surface area contributed by atoms with Crippen molar-refractivity contribution < 1.29 is 4.79 Å². The minimum absolute atomic E-state index is 0.241. The molecule has 2 aliphatic rings. The van der Waals surface area contributed by atoms with Crippen molar-refractivity contribution in [2.24, 2.45) is 0 Å². The minimum atomic E-state index is 0.241. The number of carbonyl (C=O) groups is 1. The van der Waals surface area contributed by atoms with Gasteiger partial charge in [0.15, 0.2) is 5.78 Å². The van der Waals surface area contributed by atoms with Gasteiger partial charge in [0.1, 0.15) is 0 Å². The van der Waals surface area contributed by atoms with Crippen LogP contribution in [0.1, 0.15) is 43.2 Å². The van der Waals surface area contributed by atoms with Crippen molar-refractivity contribution in [2.45, 2.75) is 39.0 Å². The van der Waals surface area contributed by atoms with E-state index in [-0.39, 0.29) is 5.78 Å². The third-order valence-electron chi connectivity index (χ3n) is 4.16. The first kappa shape index (κ1) is 13.1. The van der Waals surface area contributed by atoms with Crippen molar-refractivity contribution >= 4 is 11.9 Å². The Morgan fingerprint density at radius 3 is 2.50 bits per heavy atom. The number of allylic oxidation sites excluding steroid dienone is 5. The van der Waals surface area contributed by atoms with Crippen LogP contribution in [0.3, 0.4) is 0 Å². The van der Waals surface area contributed by atoms with E-state index in [1.807, 2.05) is 12.2 Å². The molecule has 0 N–H and O–H groups in total. The molecule has 1 heteroatoms. The van der Waals surface area contributed by atoms with Crippen LogP contribution in [0.5, 0.6) is 0 Å². The first-order valence-electron chi connectivity index (χ1n) is 7.47. The van der Waals surface area contributed by atoms with Crippen molar-refractivity contribution in [1.29, 1.82) is 0 Å². The van der Waals surface area contributed by atoms with Gasteiger partial charge in [0, 0.05) is 11.1 Å². The van der Waals surface area contributed by atoms with Gasteiger partial charge in [-0.15, -0.1) is 0 Å². The summed E-state index contributed by atoms with van der Waals surface area (Å²) in [5, 5.41) is 0. The number of Topliss-reactive ketones (excluding diaryl/α,β-unsaturated/α-hetero) is 1. The second kappa shape index (κ2) is 5.62. The van der Waals surface area contributed by atoms with E-state index in [4.69, 9.17) is 0 Å². The van der Waals surface area contributed by atoms with E-state index in [0.717, 1.165) is 36.0 Å². The molecule has 2 aliphatic carbocycles. The molecule has 3 rings (SSSR count). The van der Waals surface area contributed by atoms with E-state index in [9.17, 15) is 4.79 Å². The summed E-state index contributed by atoms with van der Waals surface area (Å²) < 4.78 is 0. The van der Waals surface area contributed by atoms with Crippen LogP contribution in [0.15, 0.2) is 53.1 Å². The van der Waals surface area contributed by atoms with Crippen molar-refractivity contribution in [3.05, 3.63) is 64.3 Å². The number of ketones is 1. The summed E-state index contributed by atoms with van der Waals surface area (Å²) in [4.78, 5) is 12.6. The van der Waals surface area contributed by atoms with E-state index in [1.165, 1.54) is 24.0 Å². The lowest BCUT2D eigenvalue weighted by molar-refractivity contribution is -0.112. The quantitative estimate of drug-likeness (QED) is 0.667. The fourth-order valence-electron chi connectivity index (χ4n) is 2.94. The van der Waals surface area contributed by atoms with Gasteiger partial charge >= 0.3 is 0 Å². The second-order valence-corrected chi connectivity index (χ2v) is 5.74. The lowest BCUT2D eigenvalue weighted by atomic mass is 9.89. The summed E-state index contributed by atoms with van der Waals surface area (Å²) in [6.07, 6.45) is 11.8. The van der Waals surface area contributed by atoms with E-state index < -0.39 is 0 Å². The molecule has 1 nitrogen and oxygen atoms in total. The van der Waals surface area contributed by atoms with Crippen LogP contribution in [-0.4, -0.2) is 5.78 Å². The van der Waals surface area contributed by atoms with Crippen LogP contribution in [0.2, 0.25) is 0 Å². The number of aryl methyl sites for hydroxylation is 1. The molecular formula is C19H20O. The molecule has 102 valence electrons. The summed E-state index contributed by atoms with van der Waals surface area (Å²) in [5.74, 6) is 0.241. The lowest BCUT2D eigenvalue weighted by Crippen LogP contribution is -2.10. The SMILES string of the molecule is Cc1ccc(/C=C2\C=CC3=C(CCCCC3)C2=O)cc1. The molecule has 0 aromatic heterocycles. The summed E-state index contributed by atoms with van der Waals surface area (Å²) in [6.45, 7) is 2.07. The highest BCUT2D eigenvalue weighted by molar-refractivity contribution is 6.14. The third-order valence-corrected chi connectivity index (χ3v) is 4.16. The van der Waals surface area contributed by atoms with Gasteiger partial charge in [-0.1, -0.05) is 48.4 Å². The molecule has 0 bridgehead atoms. The molecule has 0 fully saturated rings. The lowest BCUT2D eigenvalue weighted by Gasteiger charge is -2.14. The first-order valence-corrected chi connectivity index (χ1v) is 7.47. The molecule has 0 aliphatic heterocycles. The highest BCUT2D eigenvalue weighted by atomic mass is 16.1. The molecule has 0 atom stereocenters. The van der Waals surface area contributed by atoms with Gasteiger partial charge in [0.25, 0.3) is 0 Å². The Balaban J connectivity index is 1.90. The fraction of sp³-hybridized carbons (Fsp3) is 0.316. The second-order valence-electron chi connectivity index (χ2n) is 5.74. The maximum atomic E-state index is 12.6. The Kier molecular flexibility index (Phi) is 3.68. The number of hydrogen-bond acceptors (Lipinski definition) is 1. The Hall–Kier alpha value is -1.89. The predicted octanol–water partition coefficient (Wildman–Crippen LogP) is 4.78. The topological polar surface area (TPSA) is 17.1 Å². The van der Waals surface area contributed by atoms with E-state index in [2.05, 4.69) is 37.3 Å². The average molecular weight is 264 g/mol. The van der Waals surface area contributed by atoms with Crippen LogP contribution in [0.25, 0.3) is 6.08 Å². The van der Waals surface area contributed by atoms with Crippen LogP contribution in [0.4, 0.5) is 0 Å². The fourth-order valence-corrected chi connectivity index (χ4v) is 2.94. The molecule has 0 unspecified atom stereocenters. The molecule has 0 spiro atoms. The zero-order valence-electron chi connectivity index (χ0n) is 12.0. The number of hydrogen-bond donors (Lipinski definition) is 0. The highest BCUT2D eigenvalue weighted by Crippen LogP contribution is 2.31. The number of carbonyl (C=O) groups excluding carboxylic acids is 1. The van der Waals surface area contributed by atoms with Gasteiger partial charge in [-0.05, 0) is 49.8 Å². The predicted molar refractivity (Wildman–Crippen MR) is 83.4 cm³/mol. The first-order chi connectivity index (χ1) is 9.74. The molecule has 1 aromatic rings. The summed E-state index contributed by atoms with van der Waals surface area (Å²) in [6, 6.07) is 8.31. The van der Waals surface area contributed by atoms with Gasteiger partial charge in [0.2, 0.25) is 0 Å². The maximum Gasteiger partial charge on any atom is 0.189 e. The highest BCUT2D eigenvalue weighted by Gasteiger charge is 2.21. The smallest absolute Gasteiger partial charge is 0.189 e. The largest absolute Gasteiger partial charge is 0.289 e. The van der Waals surface area contributed by atoms with Crippen LogP contribution < -0.4 is 0 Å². The van der Waals surface area contributed by atoms with Crippen molar-refractivity contribution in [1.82, 2.24) is 0 Å². The molecule has 0 amide bonds. The average Bonchev–Trinajstić information content (AvgIpc) is 2.70. The molecule has 0 radical (unpaired) electrons. The summed E-state index contributed by atoms with van der Waals surface area (Å²) in [7, 11) is 0. The van der Waals surface area contributed by atoms with Crippen molar-refractivity contribution in [3.8, 4) is 0 Å². The van der Waals surface area contributed by atoms with Gasteiger partial charge in [0.05, 0.1) is 0 Å².